The lowest BCUT2D eigenvalue weighted by Crippen LogP contribution is -2.49. The molecule has 1 saturated heterocycles. The highest BCUT2D eigenvalue weighted by molar-refractivity contribution is 5.31. The maximum absolute atomic E-state index is 5.53. The molecule has 2 N–H and O–H groups in total. The van der Waals surface area contributed by atoms with E-state index in [4.69, 9.17) is 4.74 Å². The van der Waals surface area contributed by atoms with Gasteiger partial charge in [0.05, 0.1) is 0 Å². The van der Waals surface area contributed by atoms with Crippen LogP contribution in [0, 0.1) is 0 Å². The number of methoxy groups -OCH3 is 1. The average molecular weight is 253 g/mol. The maximum Gasteiger partial charge on any atom is 0.244 e. The van der Waals surface area contributed by atoms with Crippen molar-refractivity contribution in [1.82, 2.24) is 20.5 Å². The Bertz CT molecular complexity index is 388. The fourth-order valence-corrected chi connectivity index (χ4v) is 2.15. The topological polar surface area (TPSA) is 66.1 Å². The molecule has 1 aliphatic heterocycles. The normalized spacial score (nSPS) is 24.0. The number of aromatic amines is 1. The summed E-state index contributed by atoms with van der Waals surface area (Å²) in [4.78, 5) is 6.79. The molecule has 0 bridgehead atoms. The van der Waals surface area contributed by atoms with Crippen LogP contribution < -0.4 is 10.2 Å². The molecule has 1 aromatic rings. The minimum Gasteiger partial charge on any atom is -0.371 e. The first-order valence-electron chi connectivity index (χ1n) is 6.55. The molecule has 2 heterocycles. The van der Waals surface area contributed by atoms with Crippen molar-refractivity contribution in [1.29, 1.82) is 0 Å². The van der Waals surface area contributed by atoms with E-state index in [9.17, 15) is 0 Å². The van der Waals surface area contributed by atoms with Crippen LogP contribution in [0.3, 0.4) is 0 Å². The second kappa shape index (κ2) is 5.24. The monoisotopic (exact) mass is 253 g/mol. The minimum atomic E-state index is -0.384. The lowest BCUT2D eigenvalue weighted by Gasteiger charge is -2.31. The number of nitrogens with one attached hydrogen (secondary N) is 2. The van der Waals surface area contributed by atoms with Crippen LogP contribution in [0.4, 0.5) is 5.95 Å². The molecular weight excluding hydrogens is 230 g/mol. The van der Waals surface area contributed by atoms with Crippen molar-refractivity contribution in [3.05, 3.63) is 5.82 Å². The number of H-pyrrole nitrogens is 1. The largest absolute Gasteiger partial charge is 0.371 e. The summed E-state index contributed by atoms with van der Waals surface area (Å²) in [7, 11) is 1.71. The van der Waals surface area contributed by atoms with Crippen molar-refractivity contribution in [2.24, 2.45) is 0 Å². The van der Waals surface area contributed by atoms with Gasteiger partial charge in [0.2, 0.25) is 5.95 Å². The lowest BCUT2D eigenvalue weighted by molar-refractivity contribution is -0.00864. The molecule has 0 amide bonds. The molecule has 1 aromatic heterocycles. The Morgan fingerprint density at radius 1 is 1.56 bits per heavy atom. The van der Waals surface area contributed by atoms with Crippen LogP contribution in [0.2, 0.25) is 0 Å². The van der Waals surface area contributed by atoms with Gasteiger partial charge in [-0.3, -0.25) is 5.10 Å². The van der Waals surface area contributed by atoms with Crippen molar-refractivity contribution in [2.75, 3.05) is 31.6 Å². The van der Waals surface area contributed by atoms with Crippen molar-refractivity contribution < 1.29 is 4.74 Å². The van der Waals surface area contributed by atoms with E-state index >= 15 is 0 Å². The molecule has 6 nitrogen and oxygen atoms in total. The molecule has 0 radical (unpaired) electrons. The minimum absolute atomic E-state index is 0.384. The summed E-state index contributed by atoms with van der Waals surface area (Å²) in [5, 5.41) is 10.7. The SMILES string of the molecule is CCC(C)(OC)c1nc(N2CCNC(C)C2)n[nH]1. The number of hydrogen-bond donors (Lipinski definition) is 2. The van der Waals surface area contributed by atoms with Gasteiger partial charge >= 0.3 is 0 Å². The zero-order chi connectivity index (χ0) is 13.2. The van der Waals surface area contributed by atoms with Gasteiger partial charge in [-0.1, -0.05) is 6.92 Å². The van der Waals surface area contributed by atoms with Crippen molar-refractivity contribution in [2.45, 2.75) is 38.8 Å². The van der Waals surface area contributed by atoms with Gasteiger partial charge in [0.1, 0.15) is 5.60 Å². The van der Waals surface area contributed by atoms with E-state index in [1.54, 1.807) is 7.11 Å². The Balaban J connectivity index is 2.14. The van der Waals surface area contributed by atoms with E-state index in [-0.39, 0.29) is 5.60 Å². The molecule has 2 rings (SSSR count). The molecule has 6 heteroatoms. The van der Waals surface area contributed by atoms with Crippen LogP contribution >= 0.6 is 0 Å². The molecule has 0 spiro atoms. The number of ether oxygens (including phenoxy) is 1. The highest BCUT2D eigenvalue weighted by Crippen LogP contribution is 2.26. The molecule has 0 aromatic carbocycles. The number of anilines is 1. The first kappa shape index (κ1) is 13.3. The molecule has 18 heavy (non-hydrogen) atoms. The molecule has 102 valence electrons. The summed E-state index contributed by atoms with van der Waals surface area (Å²) in [6.07, 6.45) is 0.857. The second-order valence-corrected chi connectivity index (χ2v) is 5.07. The number of rotatable bonds is 4. The van der Waals surface area contributed by atoms with Crippen molar-refractivity contribution in [3.63, 3.8) is 0 Å². The summed E-state index contributed by atoms with van der Waals surface area (Å²) in [6.45, 7) is 9.13. The summed E-state index contributed by atoms with van der Waals surface area (Å²) in [6, 6.07) is 0.473. The number of piperazine rings is 1. The summed E-state index contributed by atoms with van der Waals surface area (Å²) in [5.41, 5.74) is -0.384. The van der Waals surface area contributed by atoms with Gasteiger partial charge in [0, 0.05) is 32.8 Å². The fourth-order valence-electron chi connectivity index (χ4n) is 2.15. The molecule has 1 aliphatic rings. The predicted octanol–water partition coefficient (Wildman–Crippen LogP) is 0.874. The average Bonchev–Trinajstić information content (AvgIpc) is 2.88. The van der Waals surface area contributed by atoms with Gasteiger partial charge in [-0.25, -0.2) is 0 Å². The third-order valence-corrected chi connectivity index (χ3v) is 3.75. The smallest absolute Gasteiger partial charge is 0.244 e. The van der Waals surface area contributed by atoms with E-state index in [1.807, 2.05) is 6.92 Å². The van der Waals surface area contributed by atoms with E-state index in [0.29, 0.717) is 6.04 Å². The number of aromatic nitrogens is 3. The molecule has 0 aliphatic carbocycles. The van der Waals surface area contributed by atoms with Crippen LogP contribution in [-0.2, 0) is 10.3 Å². The maximum atomic E-state index is 5.53. The van der Waals surface area contributed by atoms with Crippen molar-refractivity contribution in [3.8, 4) is 0 Å². The van der Waals surface area contributed by atoms with E-state index in [0.717, 1.165) is 37.8 Å². The van der Waals surface area contributed by atoms with Crippen LogP contribution in [0.25, 0.3) is 0 Å². The second-order valence-electron chi connectivity index (χ2n) is 5.07. The van der Waals surface area contributed by atoms with E-state index in [2.05, 4.69) is 39.2 Å². The Morgan fingerprint density at radius 2 is 2.33 bits per heavy atom. The fraction of sp³-hybridized carbons (Fsp3) is 0.833. The van der Waals surface area contributed by atoms with Crippen molar-refractivity contribution >= 4 is 5.95 Å². The van der Waals surface area contributed by atoms with Crippen LogP contribution in [-0.4, -0.2) is 48.0 Å². The Labute approximate surface area is 108 Å². The van der Waals surface area contributed by atoms with Crippen LogP contribution in [0.5, 0.6) is 0 Å². The first-order chi connectivity index (χ1) is 8.59. The summed E-state index contributed by atoms with van der Waals surface area (Å²) in [5.74, 6) is 1.57. The summed E-state index contributed by atoms with van der Waals surface area (Å²) >= 11 is 0. The Morgan fingerprint density at radius 3 is 2.94 bits per heavy atom. The van der Waals surface area contributed by atoms with Gasteiger partial charge in [0.25, 0.3) is 0 Å². The van der Waals surface area contributed by atoms with E-state index < -0.39 is 0 Å². The highest BCUT2D eigenvalue weighted by Gasteiger charge is 2.29. The Kier molecular flexibility index (Phi) is 3.87. The third kappa shape index (κ3) is 2.49. The molecule has 1 fully saturated rings. The van der Waals surface area contributed by atoms with Gasteiger partial charge in [-0.2, -0.15) is 4.98 Å². The van der Waals surface area contributed by atoms with Gasteiger partial charge in [-0.15, -0.1) is 5.10 Å². The lowest BCUT2D eigenvalue weighted by atomic mass is 10.0. The predicted molar refractivity (Wildman–Crippen MR) is 70.7 cm³/mol. The van der Waals surface area contributed by atoms with Gasteiger partial charge in [-0.05, 0) is 20.3 Å². The van der Waals surface area contributed by atoms with Gasteiger partial charge < -0.3 is 15.0 Å². The van der Waals surface area contributed by atoms with Gasteiger partial charge in [0.15, 0.2) is 5.82 Å². The first-order valence-corrected chi connectivity index (χ1v) is 6.55. The zero-order valence-electron chi connectivity index (χ0n) is 11.7. The molecule has 2 unspecified atom stereocenters. The summed E-state index contributed by atoms with van der Waals surface area (Å²) < 4.78 is 5.53. The van der Waals surface area contributed by atoms with E-state index in [1.165, 1.54) is 0 Å². The molecule has 2 atom stereocenters. The number of hydrogen-bond acceptors (Lipinski definition) is 5. The zero-order valence-corrected chi connectivity index (χ0v) is 11.7. The third-order valence-electron chi connectivity index (χ3n) is 3.75. The van der Waals surface area contributed by atoms with Crippen LogP contribution in [0.1, 0.15) is 33.0 Å². The quantitative estimate of drug-likeness (QED) is 0.833. The van der Waals surface area contributed by atoms with Crippen LogP contribution in [0.15, 0.2) is 0 Å². The highest BCUT2D eigenvalue weighted by atomic mass is 16.5. The standard InChI is InChI=1S/C12H23N5O/c1-5-12(3,18-4)10-14-11(16-15-10)17-7-6-13-9(2)8-17/h9,13H,5-8H2,1-4H3,(H,14,15,16). The molecular formula is C12H23N5O. The molecule has 0 saturated carbocycles. The number of nitrogens with zero attached hydrogens (tertiary/aromatic N) is 3. The Hall–Kier alpha value is -1.14.